The van der Waals surface area contributed by atoms with Crippen molar-refractivity contribution in [1.29, 1.82) is 0 Å². The van der Waals surface area contributed by atoms with E-state index >= 15 is 0 Å². The number of halogens is 1. The summed E-state index contributed by atoms with van der Waals surface area (Å²) in [5.41, 5.74) is 0.761. The van der Waals surface area contributed by atoms with Crippen molar-refractivity contribution in [3.8, 4) is 11.5 Å². The highest BCUT2D eigenvalue weighted by Crippen LogP contribution is 2.27. The number of ether oxygens (including phenoxy) is 4. The molecule has 30 heavy (non-hydrogen) atoms. The fourth-order valence-electron chi connectivity index (χ4n) is 2.58. The van der Waals surface area contributed by atoms with Gasteiger partial charge in [0.1, 0.15) is 18.1 Å². The Balaban J connectivity index is 1.89. The van der Waals surface area contributed by atoms with Gasteiger partial charge in [-0.15, -0.1) is 0 Å². The molecule has 2 rings (SSSR count). The lowest BCUT2D eigenvalue weighted by Gasteiger charge is -2.10. The molecule has 0 aliphatic carbocycles. The van der Waals surface area contributed by atoms with Crippen LogP contribution < -0.4 is 9.47 Å². The van der Waals surface area contributed by atoms with Crippen LogP contribution in [0.4, 0.5) is 0 Å². The Kier molecular flexibility index (Phi) is 10.4. The predicted molar refractivity (Wildman–Crippen MR) is 117 cm³/mol. The highest BCUT2D eigenvalue weighted by molar-refractivity contribution is 9.10. The molecule has 0 spiro atoms. The highest BCUT2D eigenvalue weighted by Gasteiger charge is 2.13. The van der Waals surface area contributed by atoms with E-state index in [9.17, 15) is 9.59 Å². The zero-order valence-electron chi connectivity index (χ0n) is 17.3. The molecule has 0 saturated heterocycles. The van der Waals surface area contributed by atoms with Gasteiger partial charge >= 0.3 is 11.9 Å². The molecule has 0 aromatic heterocycles. The van der Waals surface area contributed by atoms with Gasteiger partial charge in [-0.1, -0.05) is 26.2 Å². The lowest BCUT2D eigenvalue weighted by molar-refractivity contribution is 0.0388. The molecule has 2 aromatic carbocycles. The second kappa shape index (κ2) is 13.0. The first-order chi connectivity index (χ1) is 14.5. The summed E-state index contributed by atoms with van der Waals surface area (Å²) in [6.45, 7) is 3.32. The van der Waals surface area contributed by atoms with Crippen molar-refractivity contribution in [2.45, 2.75) is 32.6 Å². The topological polar surface area (TPSA) is 71.1 Å². The summed E-state index contributed by atoms with van der Waals surface area (Å²) < 4.78 is 21.7. The van der Waals surface area contributed by atoms with E-state index < -0.39 is 11.9 Å². The highest BCUT2D eigenvalue weighted by atomic mass is 79.9. The number of carbonyl (C=O) groups excluding carboxylic acids is 2. The minimum Gasteiger partial charge on any atom is -0.492 e. The van der Waals surface area contributed by atoms with Gasteiger partial charge < -0.3 is 18.9 Å². The molecule has 0 bridgehead atoms. The Morgan fingerprint density at radius 1 is 0.867 bits per heavy atom. The van der Waals surface area contributed by atoms with Gasteiger partial charge in [-0.25, -0.2) is 9.59 Å². The van der Waals surface area contributed by atoms with E-state index in [0.29, 0.717) is 40.3 Å². The summed E-state index contributed by atoms with van der Waals surface area (Å²) in [4.78, 5) is 24.3. The van der Waals surface area contributed by atoms with Crippen molar-refractivity contribution in [1.82, 2.24) is 0 Å². The number of hydrogen-bond donors (Lipinski definition) is 0. The molecule has 0 fully saturated rings. The normalized spacial score (nSPS) is 10.5. The van der Waals surface area contributed by atoms with Crippen molar-refractivity contribution in [2.75, 3.05) is 26.9 Å². The van der Waals surface area contributed by atoms with Crippen LogP contribution in [0.25, 0.3) is 0 Å². The summed E-state index contributed by atoms with van der Waals surface area (Å²) in [6, 6.07) is 11.3. The van der Waals surface area contributed by atoms with Crippen LogP contribution in [-0.2, 0) is 9.47 Å². The summed E-state index contributed by atoms with van der Waals surface area (Å²) >= 11 is 3.44. The third kappa shape index (κ3) is 7.80. The standard InChI is InChI=1S/C23H27BrO6/c1-3-4-5-6-13-28-21-12-9-18(16-20(21)24)23(26)30-19-10-7-17(8-11-19)22(25)29-15-14-27-2/h7-12,16H,3-6,13-15H2,1-2H3. The maximum Gasteiger partial charge on any atom is 0.343 e. The number of rotatable bonds is 12. The van der Waals surface area contributed by atoms with E-state index in [1.54, 1.807) is 42.5 Å². The average molecular weight is 479 g/mol. The van der Waals surface area contributed by atoms with Crippen LogP contribution in [0.15, 0.2) is 46.9 Å². The number of benzene rings is 2. The lowest BCUT2D eigenvalue weighted by atomic mass is 10.2. The van der Waals surface area contributed by atoms with Gasteiger partial charge in [0, 0.05) is 7.11 Å². The number of unbranched alkanes of at least 4 members (excludes halogenated alkanes) is 3. The molecule has 0 heterocycles. The second-order valence-electron chi connectivity index (χ2n) is 6.60. The minimum absolute atomic E-state index is 0.180. The van der Waals surface area contributed by atoms with Gasteiger partial charge in [0.2, 0.25) is 0 Å². The molecule has 0 atom stereocenters. The quantitative estimate of drug-likeness (QED) is 0.230. The first-order valence-corrected chi connectivity index (χ1v) is 10.7. The van der Waals surface area contributed by atoms with Crippen LogP contribution in [0.2, 0.25) is 0 Å². The molecule has 0 saturated carbocycles. The smallest absolute Gasteiger partial charge is 0.343 e. The van der Waals surface area contributed by atoms with Crippen LogP contribution in [0, 0.1) is 0 Å². The average Bonchev–Trinajstić information content (AvgIpc) is 2.75. The zero-order valence-corrected chi connectivity index (χ0v) is 18.9. The molecule has 0 aliphatic rings. The van der Waals surface area contributed by atoms with Crippen LogP contribution >= 0.6 is 15.9 Å². The van der Waals surface area contributed by atoms with Gasteiger partial charge in [-0.2, -0.15) is 0 Å². The molecule has 0 aliphatic heterocycles. The van der Waals surface area contributed by atoms with Gasteiger partial charge in [0.25, 0.3) is 0 Å². The summed E-state index contributed by atoms with van der Waals surface area (Å²) in [7, 11) is 1.53. The Hall–Kier alpha value is -2.38. The van der Waals surface area contributed by atoms with Gasteiger partial charge in [-0.3, -0.25) is 0 Å². The summed E-state index contributed by atoms with van der Waals surface area (Å²) in [5, 5.41) is 0. The lowest BCUT2D eigenvalue weighted by Crippen LogP contribution is -2.11. The Morgan fingerprint density at radius 3 is 2.27 bits per heavy atom. The molecule has 0 unspecified atom stereocenters. The van der Waals surface area contributed by atoms with Crippen LogP contribution in [0.1, 0.15) is 53.3 Å². The van der Waals surface area contributed by atoms with Gasteiger partial charge in [-0.05, 0) is 64.8 Å². The summed E-state index contributed by atoms with van der Waals surface area (Å²) in [5.74, 6) is 0.0694. The monoisotopic (exact) mass is 478 g/mol. The van der Waals surface area contributed by atoms with Crippen molar-refractivity contribution >= 4 is 27.9 Å². The third-order valence-electron chi connectivity index (χ3n) is 4.24. The number of esters is 2. The van der Waals surface area contributed by atoms with E-state index in [2.05, 4.69) is 22.9 Å². The van der Waals surface area contributed by atoms with Crippen LogP contribution in [0.5, 0.6) is 11.5 Å². The van der Waals surface area contributed by atoms with Gasteiger partial charge in [0.15, 0.2) is 0 Å². The fraction of sp³-hybridized carbons (Fsp3) is 0.391. The first-order valence-electron chi connectivity index (χ1n) is 9.95. The molecule has 0 N–H and O–H groups in total. The number of carbonyl (C=O) groups is 2. The summed E-state index contributed by atoms with van der Waals surface area (Å²) in [6.07, 6.45) is 4.52. The number of methoxy groups -OCH3 is 1. The van der Waals surface area contributed by atoms with Crippen LogP contribution in [-0.4, -0.2) is 38.9 Å². The molecule has 0 radical (unpaired) electrons. The second-order valence-corrected chi connectivity index (χ2v) is 7.45. The third-order valence-corrected chi connectivity index (χ3v) is 4.86. The van der Waals surface area contributed by atoms with Crippen molar-refractivity contribution in [3.05, 3.63) is 58.1 Å². The molecular weight excluding hydrogens is 452 g/mol. The van der Waals surface area contributed by atoms with Crippen molar-refractivity contribution in [3.63, 3.8) is 0 Å². The molecule has 6 nitrogen and oxygen atoms in total. The largest absolute Gasteiger partial charge is 0.492 e. The van der Waals surface area contributed by atoms with E-state index in [4.69, 9.17) is 18.9 Å². The minimum atomic E-state index is -0.499. The molecule has 2 aromatic rings. The Labute approximate surface area is 185 Å². The Bertz CT molecular complexity index is 819. The van der Waals surface area contributed by atoms with E-state index in [1.807, 2.05) is 0 Å². The maximum atomic E-state index is 12.4. The molecule has 162 valence electrons. The van der Waals surface area contributed by atoms with Gasteiger partial charge in [0.05, 0.1) is 28.8 Å². The maximum absolute atomic E-state index is 12.4. The Morgan fingerprint density at radius 2 is 1.60 bits per heavy atom. The SMILES string of the molecule is CCCCCCOc1ccc(C(=O)Oc2ccc(C(=O)OCCOC)cc2)cc1Br. The van der Waals surface area contributed by atoms with Crippen molar-refractivity contribution in [2.24, 2.45) is 0 Å². The molecule has 7 heteroatoms. The molecule has 0 amide bonds. The van der Waals surface area contributed by atoms with Crippen molar-refractivity contribution < 1.29 is 28.5 Å². The number of hydrogen-bond acceptors (Lipinski definition) is 6. The van der Waals surface area contributed by atoms with E-state index in [1.165, 1.54) is 20.0 Å². The van der Waals surface area contributed by atoms with E-state index in [0.717, 1.165) is 12.8 Å². The zero-order chi connectivity index (χ0) is 21.8. The molecular formula is C23H27BrO6. The first kappa shape index (κ1) is 23.9. The fourth-order valence-corrected chi connectivity index (χ4v) is 3.08. The van der Waals surface area contributed by atoms with Crippen LogP contribution in [0.3, 0.4) is 0 Å². The predicted octanol–water partition coefficient (Wildman–Crippen LogP) is 5.43. The van der Waals surface area contributed by atoms with E-state index in [-0.39, 0.29) is 6.61 Å².